The van der Waals surface area contributed by atoms with E-state index in [-0.39, 0.29) is 24.4 Å². The number of methoxy groups -OCH3 is 1. The number of alkyl halides is 3. The Morgan fingerprint density at radius 1 is 1.22 bits per heavy atom. The van der Waals surface area contributed by atoms with Crippen LogP contribution in [0.5, 0.6) is 0 Å². The SMILES string of the molecule is COCCOC(=O)C1=C(C)N(C)C(=O)N(C)[C@@H]1c1cccc(C(F)(F)F)c1. The molecule has 27 heavy (non-hydrogen) atoms. The molecule has 0 bridgehead atoms. The second-order valence-electron chi connectivity index (χ2n) is 6.11. The zero-order chi connectivity index (χ0) is 20.4. The van der Waals surface area contributed by atoms with Crippen LogP contribution in [0.4, 0.5) is 18.0 Å². The normalized spacial score (nSPS) is 18.2. The topological polar surface area (TPSA) is 59.1 Å². The van der Waals surface area contributed by atoms with Gasteiger partial charge in [-0.1, -0.05) is 12.1 Å². The van der Waals surface area contributed by atoms with Crippen molar-refractivity contribution in [3.8, 4) is 0 Å². The molecule has 9 heteroatoms. The lowest BCUT2D eigenvalue weighted by Crippen LogP contribution is -2.47. The summed E-state index contributed by atoms with van der Waals surface area (Å²) in [6.07, 6.45) is -4.54. The van der Waals surface area contributed by atoms with E-state index in [1.807, 2.05) is 0 Å². The van der Waals surface area contributed by atoms with E-state index in [4.69, 9.17) is 9.47 Å². The number of ether oxygens (including phenoxy) is 2. The fraction of sp³-hybridized carbons (Fsp3) is 0.444. The molecule has 0 unspecified atom stereocenters. The maximum atomic E-state index is 13.1. The van der Waals surface area contributed by atoms with Crippen LogP contribution < -0.4 is 0 Å². The Hall–Kier alpha value is -2.55. The van der Waals surface area contributed by atoms with Gasteiger partial charge in [0.05, 0.1) is 23.8 Å². The number of rotatable bonds is 5. The summed E-state index contributed by atoms with van der Waals surface area (Å²) in [5.41, 5.74) is -0.255. The standard InChI is InChI=1S/C18H21F3N2O4/c1-11-14(16(24)27-9-8-26-4)15(23(3)17(25)22(11)2)12-6-5-7-13(10-12)18(19,20)21/h5-7,10,15H,8-9H2,1-4H3/t15-/m1/s1. The lowest BCUT2D eigenvalue weighted by molar-refractivity contribution is -0.141. The third-order valence-electron chi connectivity index (χ3n) is 4.41. The lowest BCUT2D eigenvalue weighted by atomic mass is 9.92. The molecular weight excluding hydrogens is 365 g/mol. The van der Waals surface area contributed by atoms with Gasteiger partial charge in [-0.25, -0.2) is 9.59 Å². The van der Waals surface area contributed by atoms with E-state index in [9.17, 15) is 22.8 Å². The fourth-order valence-corrected chi connectivity index (χ4v) is 2.89. The van der Waals surface area contributed by atoms with Crippen molar-refractivity contribution in [1.29, 1.82) is 0 Å². The predicted octanol–water partition coefficient (Wildman–Crippen LogP) is 3.21. The van der Waals surface area contributed by atoms with E-state index in [0.717, 1.165) is 12.1 Å². The first kappa shape index (κ1) is 20.8. The highest BCUT2D eigenvalue weighted by molar-refractivity contribution is 5.95. The summed E-state index contributed by atoms with van der Waals surface area (Å²) >= 11 is 0. The Bertz CT molecular complexity index is 761. The Morgan fingerprint density at radius 2 is 1.89 bits per heavy atom. The quantitative estimate of drug-likeness (QED) is 0.576. The van der Waals surface area contributed by atoms with E-state index >= 15 is 0 Å². The Balaban J connectivity index is 2.53. The van der Waals surface area contributed by atoms with Crippen molar-refractivity contribution in [3.63, 3.8) is 0 Å². The zero-order valence-electron chi connectivity index (χ0n) is 15.5. The fourth-order valence-electron chi connectivity index (χ4n) is 2.89. The molecule has 0 spiro atoms. The van der Waals surface area contributed by atoms with Gasteiger partial charge in [0, 0.05) is 26.9 Å². The summed E-state index contributed by atoms with van der Waals surface area (Å²) in [7, 11) is 4.36. The largest absolute Gasteiger partial charge is 0.460 e. The molecule has 1 aromatic rings. The van der Waals surface area contributed by atoms with Gasteiger partial charge < -0.3 is 19.3 Å². The number of urea groups is 1. The third kappa shape index (κ3) is 4.24. The average molecular weight is 386 g/mol. The maximum Gasteiger partial charge on any atom is 0.416 e. The molecule has 148 valence electrons. The van der Waals surface area contributed by atoms with Crippen molar-refractivity contribution in [1.82, 2.24) is 9.80 Å². The average Bonchev–Trinajstić information content (AvgIpc) is 2.62. The summed E-state index contributed by atoms with van der Waals surface area (Å²) in [6, 6.07) is 3.14. The molecule has 6 nitrogen and oxygen atoms in total. The highest BCUT2D eigenvalue weighted by Gasteiger charge is 2.40. The monoisotopic (exact) mass is 386 g/mol. The highest BCUT2D eigenvalue weighted by Crippen LogP contribution is 2.38. The van der Waals surface area contributed by atoms with E-state index < -0.39 is 29.8 Å². The van der Waals surface area contributed by atoms with Crippen LogP contribution in [-0.2, 0) is 20.4 Å². The third-order valence-corrected chi connectivity index (χ3v) is 4.41. The molecule has 2 amide bonds. The molecule has 0 saturated heterocycles. The van der Waals surface area contributed by atoms with Crippen molar-refractivity contribution >= 4 is 12.0 Å². The number of amides is 2. The molecule has 0 aromatic heterocycles. The Morgan fingerprint density at radius 3 is 2.48 bits per heavy atom. The molecule has 1 atom stereocenters. The molecule has 0 saturated carbocycles. The first-order valence-corrected chi connectivity index (χ1v) is 8.14. The van der Waals surface area contributed by atoms with E-state index in [0.29, 0.717) is 5.70 Å². The number of carbonyl (C=O) groups is 2. The van der Waals surface area contributed by atoms with Crippen LogP contribution in [0.2, 0.25) is 0 Å². The number of hydrogen-bond acceptors (Lipinski definition) is 4. The second kappa shape index (κ2) is 7.99. The Kier molecular flexibility index (Phi) is 6.15. The van der Waals surface area contributed by atoms with Gasteiger partial charge >= 0.3 is 18.2 Å². The van der Waals surface area contributed by atoms with Gasteiger partial charge in [0.2, 0.25) is 0 Å². The molecule has 1 aromatic carbocycles. The van der Waals surface area contributed by atoms with Crippen molar-refractivity contribution in [2.45, 2.75) is 19.1 Å². The zero-order valence-corrected chi connectivity index (χ0v) is 15.5. The number of benzene rings is 1. The molecule has 2 rings (SSSR count). The van der Waals surface area contributed by atoms with Gasteiger partial charge in [-0.15, -0.1) is 0 Å². The van der Waals surface area contributed by atoms with Gasteiger partial charge in [0.1, 0.15) is 6.61 Å². The van der Waals surface area contributed by atoms with Crippen molar-refractivity contribution < 1.29 is 32.2 Å². The predicted molar refractivity (Wildman–Crippen MR) is 90.6 cm³/mol. The van der Waals surface area contributed by atoms with Crippen LogP contribution in [-0.4, -0.2) is 56.2 Å². The van der Waals surface area contributed by atoms with Crippen molar-refractivity contribution in [3.05, 3.63) is 46.7 Å². The Labute approximate surface area is 155 Å². The molecular formula is C18H21F3N2O4. The minimum Gasteiger partial charge on any atom is -0.460 e. The van der Waals surface area contributed by atoms with Crippen LogP contribution in [0.1, 0.15) is 24.1 Å². The van der Waals surface area contributed by atoms with Gasteiger partial charge in [0.25, 0.3) is 0 Å². The number of allylic oxidation sites excluding steroid dienone is 1. The van der Waals surface area contributed by atoms with Crippen molar-refractivity contribution in [2.24, 2.45) is 0 Å². The number of nitrogens with zero attached hydrogens (tertiary/aromatic N) is 2. The molecule has 1 aliphatic heterocycles. The smallest absolute Gasteiger partial charge is 0.416 e. The first-order valence-electron chi connectivity index (χ1n) is 8.14. The minimum atomic E-state index is -4.54. The van der Waals surface area contributed by atoms with Crippen LogP contribution in [0, 0.1) is 0 Å². The highest BCUT2D eigenvalue weighted by atomic mass is 19.4. The number of likely N-dealkylation sites (N-methyl/N-ethyl adjacent to an activating group) is 1. The number of halogens is 3. The number of hydrogen-bond donors (Lipinski definition) is 0. The van der Waals surface area contributed by atoms with E-state index in [1.165, 1.54) is 43.1 Å². The molecule has 1 heterocycles. The van der Waals surface area contributed by atoms with Gasteiger partial charge in [-0.2, -0.15) is 13.2 Å². The van der Waals surface area contributed by atoms with Gasteiger partial charge in [-0.3, -0.25) is 0 Å². The summed E-state index contributed by atoms with van der Waals surface area (Å²) in [5.74, 6) is -0.710. The van der Waals surface area contributed by atoms with Gasteiger partial charge in [0.15, 0.2) is 0 Å². The maximum absolute atomic E-state index is 13.1. The summed E-state index contributed by atoms with van der Waals surface area (Å²) in [4.78, 5) is 27.6. The molecule has 0 radical (unpaired) electrons. The van der Waals surface area contributed by atoms with Crippen LogP contribution >= 0.6 is 0 Å². The molecule has 1 aliphatic rings. The van der Waals surface area contributed by atoms with Crippen molar-refractivity contribution in [2.75, 3.05) is 34.4 Å². The molecule has 0 fully saturated rings. The molecule has 0 aliphatic carbocycles. The van der Waals surface area contributed by atoms with Crippen LogP contribution in [0.3, 0.4) is 0 Å². The van der Waals surface area contributed by atoms with E-state index in [1.54, 1.807) is 6.92 Å². The number of esters is 1. The van der Waals surface area contributed by atoms with E-state index in [2.05, 4.69) is 0 Å². The summed E-state index contributed by atoms with van der Waals surface area (Å²) in [6.45, 7) is 1.72. The van der Waals surface area contributed by atoms with Crippen LogP contribution in [0.25, 0.3) is 0 Å². The summed E-state index contributed by atoms with van der Waals surface area (Å²) in [5, 5.41) is 0. The first-order chi connectivity index (χ1) is 12.6. The molecule has 0 N–H and O–H groups in total. The number of carbonyl (C=O) groups excluding carboxylic acids is 2. The minimum absolute atomic E-state index is 0.0111. The second-order valence-corrected chi connectivity index (χ2v) is 6.11. The lowest BCUT2D eigenvalue weighted by Gasteiger charge is -2.39. The summed E-state index contributed by atoms with van der Waals surface area (Å²) < 4.78 is 49.3. The van der Waals surface area contributed by atoms with Gasteiger partial charge in [-0.05, 0) is 24.6 Å². The van der Waals surface area contributed by atoms with Crippen LogP contribution in [0.15, 0.2) is 35.5 Å².